The van der Waals surface area contributed by atoms with Crippen LogP contribution in [0.3, 0.4) is 0 Å². The van der Waals surface area contributed by atoms with Crippen molar-refractivity contribution in [3.8, 4) is 0 Å². The maximum Gasteiger partial charge on any atom is 0.323 e. The Morgan fingerprint density at radius 1 is 1.12 bits per heavy atom. The molecule has 1 heterocycles. The molecule has 0 saturated heterocycles. The van der Waals surface area contributed by atoms with Crippen molar-refractivity contribution in [2.45, 2.75) is 17.4 Å². The molecule has 26 heavy (non-hydrogen) atoms. The lowest BCUT2D eigenvalue weighted by atomic mass is 10.1. The third-order valence-corrected chi connectivity index (χ3v) is 5.22. The lowest BCUT2D eigenvalue weighted by Gasteiger charge is -2.17. The SMILES string of the molecule is O=C(O)CC(NS(=O)(=O)c1ccc2[nH]c(=O)[nH]c2c1)c1ccc(F)cc1. The van der Waals surface area contributed by atoms with Crippen LogP contribution in [0, 0.1) is 5.82 Å². The van der Waals surface area contributed by atoms with E-state index in [1.54, 1.807) is 0 Å². The van der Waals surface area contributed by atoms with E-state index in [1.165, 1.54) is 30.3 Å². The van der Waals surface area contributed by atoms with Gasteiger partial charge in [0.1, 0.15) is 5.82 Å². The second-order valence-electron chi connectivity index (χ2n) is 5.61. The van der Waals surface area contributed by atoms with E-state index in [1.807, 2.05) is 0 Å². The number of benzene rings is 2. The highest BCUT2D eigenvalue weighted by Crippen LogP contribution is 2.22. The first-order valence-electron chi connectivity index (χ1n) is 7.46. The molecule has 1 atom stereocenters. The van der Waals surface area contributed by atoms with Crippen LogP contribution in [0.1, 0.15) is 18.0 Å². The number of carboxylic acids is 1. The summed E-state index contributed by atoms with van der Waals surface area (Å²) < 4.78 is 40.7. The van der Waals surface area contributed by atoms with Gasteiger partial charge in [0.25, 0.3) is 0 Å². The van der Waals surface area contributed by atoms with E-state index in [2.05, 4.69) is 14.7 Å². The van der Waals surface area contributed by atoms with Gasteiger partial charge in [0.2, 0.25) is 10.0 Å². The Balaban J connectivity index is 1.95. The van der Waals surface area contributed by atoms with Gasteiger partial charge in [-0.15, -0.1) is 0 Å². The largest absolute Gasteiger partial charge is 0.481 e. The number of hydrogen-bond donors (Lipinski definition) is 4. The normalized spacial score (nSPS) is 13.0. The Morgan fingerprint density at radius 3 is 2.42 bits per heavy atom. The zero-order chi connectivity index (χ0) is 18.9. The van der Waals surface area contributed by atoms with Crippen molar-refractivity contribution in [3.05, 3.63) is 64.3 Å². The number of aromatic amines is 2. The van der Waals surface area contributed by atoms with Gasteiger partial charge >= 0.3 is 11.7 Å². The number of aliphatic carboxylic acids is 1. The summed E-state index contributed by atoms with van der Waals surface area (Å²) in [5.74, 6) is -1.74. The summed E-state index contributed by atoms with van der Waals surface area (Å²) in [6, 6.07) is 7.76. The van der Waals surface area contributed by atoms with E-state index >= 15 is 0 Å². The molecule has 1 unspecified atom stereocenters. The summed E-state index contributed by atoms with van der Waals surface area (Å²) in [7, 11) is -4.09. The minimum absolute atomic E-state index is 0.141. The summed E-state index contributed by atoms with van der Waals surface area (Å²) >= 11 is 0. The van der Waals surface area contributed by atoms with Crippen LogP contribution in [0.2, 0.25) is 0 Å². The number of imidazole rings is 1. The summed E-state index contributed by atoms with van der Waals surface area (Å²) in [4.78, 5) is 27.2. The number of H-pyrrole nitrogens is 2. The van der Waals surface area contributed by atoms with E-state index in [4.69, 9.17) is 5.11 Å². The minimum Gasteiger partial charge on any atom is -0.481 e. The number of fused-ring (bicyclic) bond motifs is 1. The molecule has 0 fully saturated rings. The maximum absolute atomic E-state index is 13.1. The first kappa shape index (κ1) is 17.8. The Hall–Kier alpha value is -2.98. The molecular formula is C16H14FN3O5S. The molecule has 0 aliphatic heterocycles. The van der Waals surface area contributed by atoms with Gasteiger partial charge in [0, 0.05) is 0 Å². The lowest BCUT2D eigenvalue weighted by molar-refractivity contribution is -0.137. The average Bonchev–Trinajstić information content (AvgIpc) is 2.93. The molecule has 4 N–H and O–H groups in total. The van der Waals surface area contributed by atoms with Gasteiger partial charge in [-0.2, -0.15) is 0 Å². The molecule has 0 radical (unpaired) electrons. The monoisotopic (exact) mass is 379 g/mol. The Bertz CT molecular complexity index is 1120. The molecule has 0 saturated carbocycles. The molecule has 10 heteroatoms. The molecule has 0 bridgehead atoms. The average molecular weight is 379 g/mol. The van der Waals surface area contributed by atoms with E-state index in [0.29, 0.717) is 16.6 Å². The smallest absolute Gasteiger partial charge is 0.323 e. The van der Waals surface area contributed by atoms with Crippen LogP contribution in [-0.2, 0) is 14.8 Å². The molecule has 1 aromatic heterocycles. The van der Waals surface area contributed by atoms with E-state index < -0.39 is 40.0 Å². The summed E-state index contributed by atoms with van der Waals surface area (Å²) in [5.41, 5.74) is 0.579. The molecule has 0 spiro atoms. The van der Waals surface area contributed by atoms with Gasteiger partial charge in [0.15, 0.2) is 0 Å². The van der Waals surface area contributed by atoms with Crippen LogP contribution >= 0.6 is 0 Å². The standard InChI is InChI=1S/C16H14FN3O5S/c17-10-3-1-9(2-4-10)13(8-15(21)22)20-26(24,25)11-5-6-12-14(7-11)19-16(23)18-12/h1-7,13,20H,8H2,(H,21,22)(H2,18,19,23). The summed E-state index contributed by atoms with van der Waals surface area (Å²) in [6.45, 7) is 0. The van der Waals surface area contributed by atoms with Crippen LogP contribution in [0.25, 0.3) is 11.0 Å². The predicted molar refractivity (Wildman–Crippen MR) is 90.6 cm³/mol. The first-order chi connectivity index (χ1) is 12.2. The first-order valence-corrected chi connectivity index (χ1v) is 8.94. The van der Waals surface area contributed by atoms with Crippen LogP contribution in [0.4, 0.5) is 4.39 Å². The number of rotatable bonds is 6. The molecule has 3 rings (SSSR count). The van der Waals surface area contributed by atoms with Gasteiger partial charge in [-0.25, -0.2) is 22.3 Å². The van der Waals surface area contributed by atoms with E-state index in [9.17, 15) is 22.4 Å². The van der Waals surface area contributed by atoms with Crippen molar-refractivity contribution < 1.29 is 22.7 Å². The topological polar surface area (TPSA) is 132 Å². The van der Waals surface area contributed by atoms with Gasteiger partial charge in [-0.05, 0) is 35.9 Å². The summed E-state index contributed by atoms with van der Waals surface area (Å²) in [6.07, 6.45) is -0.520. The Kier molecular flexibility index (Phi) is 4.62. The zero-order valence-corrected chi connectivity index (χ0v) is 14.0. The number of aromatic nitrogens is 2. The molecule has 136 valence electrons. The van der Waals surface area contributed by atoms with Gasteiger partial charge in [0.05, 0.1) is 28.4 Å². The predicted octanol–water partition coefficient (Wildman–Crippen LogP) is 1.49. The summed E-state index contributed by atoms with van der Waals surface area (Å²) in [5, 5.41) is 9.06. The van der Waals surface area contributed by atoms with E-state index in [0.717, 1.165) is 12.1 Å². The third-order valence-electron chi connectivity index (χ3n) is 3.75. The molecule has 3 aromatic rings. The second-order valence-corrected chi connectivity index (χ2v) is 7.32. The fraction of sp³-hybridized carbons (Fsp3) is 0.125. The number of carbonyl (C=O) groups is 1. The fourth-order valence-electron chi connectivity index (χ4n) is 2.53. The highest BCUT2D eigenvalue weighted by Gasteiger charge is 2.24. The van der Waals surface area contributed by atoms with Crippen LogP contribution < -0.4 is 10.4 Å². The van der Waals surface area contributed by atoms with Crippen molar-refractivity contribution in [3.63, 3.8) is 0 Å². The van der Waals surface area contributed by atoms with Gasteiger partial charge < -0.3 is 15.1 Å². The number of halogens is 1. The van der Waals surface area contributed by atoms with Crippen molar-refractivity contribution in [2.75, 3.05) is 0 Å². The number of carboxylic acid groups (broad SMARTS) is 1. The fourth-order valence-corrected chi connectivity index (χ4v) is 3.78. The van der Waals surface area contributed by atoms with Crippen LogP contribution in [-0.4, -0.2) is 29.5 Å². The molecule has 0 aliphatic rings. The quantitative estimate of drug-likeness (QED) is 0.515. The van der Waals surface area contributed by atoms with Crippen LogP contribution in [0.15, 0.2) is 52.2 Å². The number of sulfonamides is 1. The number of hydrogen-bond acceptors (Lipinski definition) is 4. The number of nitrogens with one attached hydrogen (secondary N) is 3. The van der Waals surface area contributed by atoms with Gasteiger partial charge in [-0.3, -0.25) is 4.79 Å². The highest BCUT2D eigenvalue weighted by atomic mass is 32.2. The lowest BCUT2D eigenvalue weighted by Crippen LogP contribution is -2.30. The van der Waals surface area contributed by atoms with Crippen LogP contribution in [0.5, 0.6) is 0 Å². The minimum atomic E-state index is -4.09. The Labute approximate surface area is 146 Å². The third kappa shape index (κ3) is 3.81. The van der Waals surface area contributed by atoms with E-state index in [-0.39, 0.29) is 4.90 Å². The van der Waals surface area contributed by atoms with Gasteiger partial charge in [-0.1, -0.05) is 12.1 Å². The molecule has 8 nitrogen and oxygen atoms in total. The molecule has 0 aliphatic carbocycles. The maximum atomic E-state index is 13.1. The van der Waals surface area contributed by atoms with Crippen molar-refractivity contribution >= 4 is 27.0 Å². The second kappa shape index (κ2) is 6.73. The highest BCUT2D eigenvalue weighted by molar-refractivity contribution is 7.89. The molecule has 2 aromatic carbocycles. The molecular weight excluding hydrogens is 365 g/mol. The van der Waals surface area contributed by atoms with Crippen molar-refractivity contribution in [1.29, 1.82) is 0 Å². The molecule has 0 amide bonds. The zero-order valence-electron chi connectivity index (χ0n) is 13.2. The van der Waals surface area contributed by atoms with Crippen molar-refractivity contribution in [1.82, 2.24) is 14.7 Å². The Morgan fingerprint density at radius 2 is 1.77 bits per heavy atom. The van der Waals surface area contributed by atoms with Crippen molar-refractivity contribution in [2.24, 2.45) is 0 Å².